The van der Waals surface area contributed by atoms with Gasteiger partial charge in [0, 0.05) is 27.7 Å². The molecule has 3 aromatic rings. The number of aryl methyl sites for hydroxylation is 1. The Hall–Kier alpha value is -4.01. The summed E-state index contributed by atoms with van der Waals surface area (Å²) in [6.45, 7) is 0. The third-order valence-electron chi connectivity index (χ3n) is 6.05. The molecule has 1 unspecified atom stereocenters. The number of nitrogens with one attached hydrogen (secondary N) is 2. The highest BCUT2D eigenvalue weighted by molar-refractivity contribution is 6.00. The number of carbonyl (C=O) groups excluding carboxylic acids is 1. The van der Waals surface area contributed by atoms with Gasteiger partial charge in [-0.05, 0) is 59.6 Å². The van der Waals surface area contributed by atoms with Gasteiger partial charge in [0.1, 0.15) is 5.92 Å². The van der Waals surface area contributed by atoms with E-state index in [1.807, 2.05) is 35.8 Å². The summed E-state index contributed by atoms with van der Waals surface area (Å²) < 4.78 is 5.20. The molecule has 1 heterocycles. The number of hydrogen-bond acceptors (Lipinski definition) is 3. The van der Waals surface area contributed by atoms with E-state index in [0.29, 0.717) is 11.3 Å². The Kier molecular flexibility index (Phi) is 5.14. The molecule has 2 aliphatic rings. The Morgan fingerprint density at radius 2 is 1.91 bits per heavy atom. The zero-order valence-corrected chi connectivity index (χ0v) is 17.6. The van der Waals surface area contributed by atoms with E-state index in [1.165, 1.54) is 11.1 Å². The van der Waals surface area contributed by atoms with Crippen LogP contribution in [0.4, 0.5) is 0 Å². The second kappa shape index (κ2) is 8.26. The van der Waals surface area contributed by atoms with Gasteiger partial charge in [0.05, 0.1) is 7.11 Å². The molecule has 1 atom stereocenters. The van der Waals surface area contributed by atoms with Crippen LogP contribution >= 0.6 is 0 Å². The van der Waals surface area contributed by atoms with Gasteiger partial charge in [-0.1, -0.05) is 48.2 Å². The predicted molar refractivity (Wildman–Crippen MR) is 124 cm³/mol. The third-order valence-corrected chi connectivity index (χ3v) is 6.05. The van der Waals surface area contributed by atoms with Crippen molar-refractivity contribution in [2.75, 3.05) is 7.11 Å². The van der Waals surface area contributed by atoms with Gasteiger partial charge >= 0.3 is 0 Å². The monoisotopic (exact) mass is 422 g/mol. The Labute approximate surface area is 185 Å². The quantitative estimate of drug-likeness (QED) is 0.307. The molecule has 158 valence electrons. The summed E-state index contributed by atoms with van der Waals surface area (Å²) >= 11 is 0. The minimum Gasteiger partial charge on any atom is -0.489 e. The van der Waals surface area contributed by atoms with Crippen LogP contribution in [0.3, 0.4) is 0 Å². The van der Waals surface area contributed by atoms with Gasteiger partial charge in [-0.15, -0.1) is 0 Å². The molecular formula is C27H22N2O3. The fourth-order valence-corrected chi connectivity index (χ4v) is 4.51. The van der Waals surface area contributed by atoms with Gasteiger partial charge in [0.15, 0.2) is 5.76 Å². The number of ether oxygens (including phenoxy) is 1. The van der Waals surface area contributed by atoms with E-state index in [9.17, 15) is 10.0 Å². The first-order valence-electron chi connectivity index (χ1n) is 10.5. The summed E-state index contributed by atoms with van der Waals surface area (Å²) in [5, 5.41) is 10.5. The second-order valence-electron chi connectivity index (χ2n) is 7.84. The molecule has 0 saturated heterocycles. The molecule has 1 aromatic heterocycles. The van der Waals surface area contributed by atoms with Gasteiger partial charge in [-0.25, -0.2) is 5.48 Å². The van der Waals surface area contributed by atoms with Crippen LogP contribution in [0.5, 0.6) is 0 Å². The molecule has 5 rings (SSSR count). The topological polar surface area (TPSA) is 74.3 Å². The molecule has 0 bridgehead atoms. The maximum atomic E-state index is 13.0. The fraction of sp³-hybridized carbons (Fsp3) is 0.148. The SMILES string of the molecule is COC1=C=C=C(C(C(=O)NO)c2c(C3=Cc4ccccc4CC3)[nH]c3ccccc23)C=C1. The highest BCUT2D eigenvalue weighted by Gasteiger charge is 2.31. The van der Waals surface area contributed by atoms with E-state index in [1.54, 1.807) is 19.3 Å². The lowest BCUT2D eigenvalue weighted by Gasteiger charge is -2.21. The number of hydroxylamine groups is 1. The van der Waals surface area contributed by atoms with E-state index in [-0.39, 0.29) is 0 Å². The molecule has 2 aromatic carbocycles. The lowest BCUT2D eigenvalue weighted by molar-refractivity contribution is -0.129. The van der Waals surface area contributed by atoms with Crippen molar-refractivity contribution in [1.82, 2.24) is 10.5 Å². The first-order chi connectivity index (χ1) is 15.7. The van der Waals surface area contributed by atoms with Crippen LogP contribution < -0.4 is 5.48 Å². The number of benzene rings is 2. The minimum absolute atomic E-state index is 0.525. The summed E-state index contributed by atoms with van der Waals surface area (Å²) in [4.78, 5) is 16.5. The third kappa shape index (κ3) is 3.41. The number of carbonyl (C=O) groups is 1. The first kappa shape index (κ1) is 19.9. The number of aromatic nitrogens is 1. The van der Waals surface area contributed by atoms with Gasteiger partial charge < -0.3 is 9.72 Å². The predicted octanol–water partition coefficient (Wildman–Crippen LogP) is 5.02. The number of fused-ring (bicyclic) bond motifs is 2. The summed E-state index contributed by atoms with van der Waals surface area (Å²) in [6, 6.07) is 16.3. The summed E-state index contributed by atoms with van der Waals surface area (Å²) in [7, 11) is 1.56. The maximum absolute atomic E-state index is 13.0. The normalized spacial score (nSPS) is 15.5. The van der Waals surface area contributed by atoms with Gasteiger partial charge in [0.2, 0.25) is 0 Å². The van der Waals surface area contributed by atoms with E-state index >= 15 is 0 Å². The Morgan fingerprint density at radius 1 is 1.09 bits per heavy atom. The molecule has 1 amide bonds. The second-order valence-corrected chi connectivity index (χ2v) is 7.84. The van der Waals surface area contributed by atoms with Crippen LogP contribution in [0, 0.1) is 0 Å². The first-order valence-corrected chi connectivity index (χ1v) is 10.5. The standard InChI is InChI=1S/C27H22N2O3/c1-32-21-14-12-18(13-15-21)24(27(30)29-31)25-22-8-4-5-9-23(22)28-26(25)20-11-10-17-6-2-3-7-19(17)16-20/h2-9,12,14,16,24,28,31H,10-11H2,1H3,(H,29,30). The van der Waals surface area contributed by atoms with E-state index in [2.05, 4.69) is 40.7 Å². The van der Waals surface area contributed by atoms with Gasteiger partial charge in [-0.3, -0.25) is 10.0 Å². The van der Waals surface area contributed by atoms with Crippen LogP contribution in [0.15, 0.2) is 83.5 Å². The van der Waals surface area contributed by atoms with Crippen molar-refractivity contribution in [2.45, 2.75) is 18.8 Å². The average molecular weight is 422 g/mol. The van der Waals surface area contributed by atoms with Crippen LogP contribution in [-0.4, -0.2) is 23.2 Å². The highest BCUT2D eigenvalue weighted by atomic mass is 16.5. The number of amides is 1. The largest absolute Gasteiger partial charge is 0.489 e. The number of para-hydroxylation sites is 1. The van der Waals surface area contributed by atoms with Crippen molar-refractivity contribution >= 4 is 28.5 Å². The molecule has 32 heavy (non-hydrogen) atoms. The van der Waals surface area contributed by atoms with Crippen LogP contribution in [0.2, 0.25) is 0 Å². The van der Waals surface area contributed by atoms with E-state index in [0.717, 1.165) is 40.6 Å². The lowest BCUT2D eigenvalue weighted by Crippen LogP contribution is -2.28. The average Bonchev–Trinajstić information content (AvgIpc) is 3.23. The Balaban J connectivity index is 1.76. The van der Waals surface area contributed by atoms with E-state index in [4.69, 9.17) is 4.74 Å². The summed E-state index contributed by atoms with van der Waals surface area (Å²) in [5.41, 5.74) is 14.7. The van der Waals surface area contributed by atoms with Crippen molar-refractivity contribution in [2.24, 2.45) is 0 Å². The number of allylic oxidation sites excluding steroid dienone is 3. The van der Waals surface area contributed by atoms with Crippen molar-refractivity contribution in [3.63, 3.8) is 0 Å². The molecule has 0 spiro atoms. The van der Waals surface area contributed by atoms with Crippen molar-refractivity contribution in [1.29, 1.82) is 0 Å². The van der Waals surface area contributed by atoms with Crippen molar-refractivity contribution in [3.8, 4) is 0 Å². The Bertz CT molecular complexity index is 1390. The molecule has 0 aliphatic heterocycles. The van der Waals surface area contributed by atoms with Crippen LogP contribution in [-0.2, 0) is 16.0 Å². The summed E-state index contributed by atoms with van der Waals surface area (Å²) in [5.74, 6) is -0.767. The summed E-state index contributed by atoms with van der Waals surface area (Å²) in [6.07, 6.45) is 7.49. The number of aromatic amines is 1. The smallest absolute Gasteiger partial charge is 0.256 e. The molecule has 2 aliphatic carbocycles. The minimum atomic E-state index is -0.772. The van der Waals surface area contributed by atoms with Crippen molar-refractivity contribution in [3.05, 3.63) is 106 Å². The number of methoxy groups -OCH3 is 1. The molecule has 0 saturated carbocycles. The molecule has 5 nitrogen and oxygen atoms in total. The fourth-order valence-electron chi connectivity index (χ4n) is 4.51. The number of rotatable bonds is 5. The van der Waals surface area contributed by atoms with Crippen LogP contribution in [0.1, 0.15) is 34.7 Å². The molecule has 3 N–H and O–H groups in total. The molecule has 0 fully saturated rings. The highest BCUT2D eigenvalue weighted by Crippen LogP contribution is 2.41. The van der Waals surface area contributed by atoms with Gasteiger partial charge in [-0.2, -0.15) is 0 Å². The Morgan fingerprint density at radius 3 is 2.69 bits per heavy atom. The zero-order valence-electron chi connectivity index (χ0n) is 17.6. The number of H-pyrrole nitrogens is 1. The van der Waals surface area contributed by atoms with Crippen LogP contribution in [0.25, 0.3) is 22.6 Å². The lowest BCUT2D eigenvalue weighted by atomic mass is 9.83. The zero-order chi connectivity index (χ0) is 22.1. The maximum Gasteiger partial charge on any atom is 0.256 e. The van der Waals surface area contributed by atoms with Gasteiger partial charge in [0.25, 0.3) is 5.91 Å². The number of hydrogen-bond donors (Lipinski definition) is 3. The molecular weight excluding hydrogens is 400 g/mol. The van der Waals surface area contributed by atoms with E-state index < -0.39 is 11.8 Å². The molecule has 5 heteroatoms. The van der Waals surface area contributed by atoms with Crippen molar-refractivity contribution < 1.29 is 14.7 Å². The molecule has 0 radical (unpaired) electrons.